The zero-order chi connectivity index (χ0) is 22.9. The first-order valence-electron chi connectivity index (χ1n) is 11.8. The van der Waals surface area contributed by atoms with Gasteiger partial charge in [-0.05, 0) is 57.3 Å². The van der Waals surface area contributed by atoms with Gasteiger partial charge in [0.1, 0.15) is 5.65 Å². The fourth-order valence-corrected chi connectivity index (χ4v) is 5.66. The van der Waals surface area contributed by atoms with Gasteiger partial charge in [0.05, 0.1) is 11.4 Å². The summed E-state index contributed by atoms with van der Waals surface area (Å²) in [5, 5.41) is 2.47. The number of pyridine rings is 1. The highest BCUT2D eigenvalue weighted by atomic mass is 15.0. The van der Waals surface area contributed by atoms with Crippen LogP contribution in [-0.2, 0) is 5.41 Å². The summed E-state index contributed by atoms with van der Waals surface area (Å²) in [4.78, 5) is 5.10. The predicted octanol–water partition coefficient (Wildman–Crippen LogP) is 8.13. The maximum atomic E-state index is 5.10. The Morgan fingerprint density at radius 2 is 1.35 bits per heavy atom. The summed E-state index contributed by atoms with van der Waals surface area (Å²) < 4.78 is 2.22. The molecule has 2 aromatic heterocycles. The molecule has 0 saturated heterocycles. The second-order valence-electron chi connectivity index (χ2n) is 9.73. The van der Waals surface area contributed by atoms with Crippen molar-refractivity contribution in [2.24, 2.45) is 0 Å². The maximum Gasteiger partial charge on any atom is 0.137 e. The van der Waals surface area contributed by atoms with E-state index in [0.29, 0.717) is 0 Å². The van der Waals surface area contributed by atoms with Crippen molar-refractivity contribution in [1.82, 2.24) is 9.38 Å². The second-order valence-corrected chi connectivity index (χ2v) is 9.73. The maximum absolute atomic E-state index is 5.10. The molecular weight excluding hydrogens is 412 g/mol. The lowest BCUT2D eigenvalue weighted by molar-refractivity contribution is 0.660. The van der Waals surface area contributed by atoms with Crippen LogP contribution in [0.2, 0.25) is 0 Å². The van der Waals surface area contributed by atoms with Crippen LogP contribution in [-0.4, -0.2) is 9.38 Å². The second kappa shape index (κ2) is 6.91. The molecule has 0 fully saturated rings. The Balaban J connectivity index is 1.49. The average Bonchev–Trinajstić information content (AvgIpc) is 3.37. The zero-order valence-electron chi connectivity index (χ0n) is 19.3. The third-order valence-electron chi connectivity index (χ3n) is 7.41. The fourth-order valence-electron chi connectivity index (χ4n) is 5.66. The van der Waals surface area contributed by atoms with Gasteiger partial charge in [-0.1, -0.05) is 92.7 Å². The summed E-state index contributed by atoms with van der Waals surface area (Å²) in [6.07, 6.45) is 2.12. The highest BCUT2D eigenvalue weighted by Gasteiger charge is 2.35. The highest BCUT2D eigenvalue weighted by molar-refractivity contribution is 5.91. The van der Waals surface area contributed by atoms with Crippen molar-refractivity contribution in [1.29, 1.82) is 0 Å². The number of rotatable bonds is 2. The van der Waals surface area contributed by atoms with E-state index in [4.69, 9.17) is 4.98 Å². The molecule has 1 aliphatic rings. The van der Waals surface area contributed by atoms with Gasteiger partial charge in [-0.3, -0.25) is 4.40 Å². The molecule has 0 unspecified atom stereocenters. The first kappa shape index (κ1) is 19.3. The number of fused-ring (bicyclic) bond motifs is 5. The lowest BCUT2D eigenvalue weighted by Crippen LogP contribution is -2.15. The molecule has 0 radical (unpaired) electrons. The number of nitrogens with zero attached hydrogens (tertiary/aromatic N) is 2. The molecule has 0 N–H and O–H groups in total. The molecule has 0 spiro atoms. The van der Waals surface area contributed by atoms with E-state index >= 15 is 0 Å². The van der Waals surface area contributed by atoms with Crippen molar-refractivity contribution in [2.75, 3.05) is 0 Å². The van der Waals surface area contributed by atoms with Gasteiger partial charge in [0.25, 0.3) is 0 Å². The van der Waals surface area contributed by atoms with Crippen LogP contribution in [0.1, 0.15) is 25.0 Å². The van der Waals surface area contributed by atoms with Gasteiger partial charge in [-0.15, -0.1) is 0 Å². The molecular formula is C32H24N2. The Bertz CT molecular complexity index is 1740. The molecule has 0 amide bonds. The third-order valence-corrected chi connectivity index (χ3v) is 7.41. The van der Waals surface area contributed by atoms with E-state index in [0.717, 1.165) is 22.6 Å². The molecule has 2 nitrogen and oxygen atoms in total. The molecule has 0 atom stereocenters. The van der Waals surface area contributed by atoms with Gasteiger partial charge >= 0.3 is 0 Å². The van der Waals surface area contributed by atoms with Crippen LogP contribution in [0, 0.1) is 0 Å². The molecule has 0 bridgehead atoms. The standard InChI is InChI=1S/C32H24N2/c1-32(2)27-12-6-5-11-25(27)26-17-16-24(20-28(26)32)31-30(33-29-13-7-8-18-34(29)31)23-15-14-21-9-3-4-10-22(21)19-23/h3-20H,1-2H3. The predicted molar refractivity (Wildman–Crippen MR) is 141 cm³/mol. The zero-order valence-corrected chi connectivity index (χ0v) is 19.3. The molecule has 4 aromatic carbocycles. The minimum Gasteiger partial charge on any atom is -0.299 e. The van der Waals surface area contributed by atoms with Crippen LogP contribution in [0.3, 0.4) is 0 Å². The van der Waals surface area contributed by atoms with Crippen LogP contribution >= 0.6 is 0 Å². The van der Waals surface area contributed by atoms with Crippen molar-refractivity contribution in [3.05, 3.63) is 120 Å². The molecule has 34 heavy (non-hydrogen) atoms. The van der Waals surface area contributed by atoms with Crippen LogP contribution in [0.15, 0.2) is 109 Å². The topological polar surface area (TPSA) is 17.3 Å². The van der Waals surface area contributed by atoms with E-state index in [1.54, 1.807) is 0 Å². The molecule has 0 aliphatic heterocycles. The smallest absolute Gasteiger partial charge is 0.137 e. The summed E-state index contributed by atoms with van der Waals surface area (Å²) in [6, 6.07) is 37.1. The highest BCUT2D eigenvalue weighted by Crippen LogP contribution is 2.50. The Morgan fingerprint density at radius 3 is 2.26 bits per heavy atom. The lowest BCUT2D eigenvalue weighted by Gasteiger charge is -2.22. The van der Waals surface area contributed by atoms with E-state index in [9.17, 15) is 0 Å². The van der Waals surface area contributed by atoms with Gasteiger partial charge in [0.15, 0.2) is 0 Å². The summed E-state index contributed by atoms with van der Waals surface area (Å²) in [5.41, 5.74) is 10.9. The lowest BCUT2D eigenvalue weighted by atomic mass is 9.82. The van der Waals surface area contributed by atoms with Gasteiger partial charge in [0, 0.05) is 22.7 Å². The van der Waals surface area contributed by atoms with E-state index < -0.39 is 0 Å². The minimum absolute atomic E-state index is 0.0362. The summed E-state index contributed by atoms with van der Waals surface area (Å²) in [6.45, 7) is 4.67. The van der Waals surface area contributed by atoms with Crippen LogP contribution < -0.4 is 0 Å². The van der Waals surface area contributed by atoms with Crippen LogP contribution in [0.5, 0.6) is 0 Å². The van der Waals surface area contributed by atoms with E-state index in [2.05, 4.69) is 128 Å². The van der Waals surface area contributed by atoms with Gasteiger partial charge in [0.2, 0.25) is 0 Å². The Hall–Kier alpha value is -4.17. The number of aromatic nitrogens is 2. The molecule has 162 valence electrons. The minimum atomic E-state index is -0.0362. The van der Waals surface area contributed by atoms with Crippen molar-refractivity contribution < 1.29 is 0 Å². The van der Waals surface area contributed by atoms with E-state index in [1.165, 1.54) is 38.6 Å². The van der Waals surface area contributed by atoms with Crippen molar-refractivity contribution >= 4 is 16.4 Å². The Morgan fingerprint density at radius 1 is 0.618 bits per heavy atom. The Labute approximate surface area is 199 Å². The number of imidazole rings is 1. The monoisotopic (exact) mass is 436 g/mol. The summed E-state index contributed by atoms with van der Waals surface area (Å²) >= 11 is 0. The van der Waals surface area contributed by atoms with Gasteiger partial charge < -0.3 is 0 Å². The third kappa shape index (κ3) is 2.66. The summed E-state index contributed by atoms with van der Waals surface area (Å²) in [5.74, 6) is 0. The van der Waals surface area contributed by atoms with Crippen LogP contribution in [0.25, 0.3) is 50.1 Å². The normalized spacial score (nSPS) is 13.8. The first-order chi connectivity index (χ1) is 16.6. The quantitative estimate of drug-likeness (QED) is 0.268. The SMILES string of the molecule is CC1(C)c2ccccc2-c2ccc(-c3c(-c4ccc5ccccc5c4)nc4ccccn34)cc21. The van der Waals surface area contributed by atoms with Crippen molar-refractivity contribution in [3.63, 3.8) is 0 Å². The molecule has 0 saturated carbocycles. The number of hydrogen-bond donors (Lipinski definition) is 0. The first-order valence-corrected chi connectivity index (χ1v) is 11.8. The van der Waals surface area contributed by atoms with Crippen molar-refractivity contribution in [2.45, 2.75) is 19.3 Å². The largest absolute Gasteiger partial charge is 0.299 e. The average molecular weight is 437 g/mol. The molecule has 2 heterocycles. The van der Waals surface area contributed by atoms with E-state index in [-0.39, 0.29) is 5.41 Å². The summed E-state index contributed by atoms with van der Waals surface area (Å²) in [7, 11) is 0. The van der Waals surface area contributed by atoms with Gasteiger partial charge in [-0.2, -0.15) is 0 Å². The van der Waals surface area contributed by atoms with E-state index in [1.807, 2.05) is 0 Å². The molecule has 1 aliphatic carbocycles. The molecule has 7 rings (SSSR count). The molecule has 6 aromatic rings. The molecule has 2 heteroatoms. The number of benzene rings is 4. The fraction of sp³-hybridized carbons (Fsp3) is 0.0938. The van der Waals surface area contributed by atoms with Gasteiger partial charge in [-0.25, -0.2) is 4.98 Å². The number of hydrogen-bond acceptors (Lipinski definition) is 1. The van der Waals surface area contributed by atoms with Crippen LogP contribution in [0.4, 0.5) is 0 Å². The Kier molecular flexibility index (Phi) is 3.93. The van der Waals surface area contributed by atoms with Crippen molar-refractivity contribution in [3.8, 4) is 33.6 Å².